The van der Waals surface area contributed by atoms with Gasteiger partial charge in [-0.25, -0.2) is 4.98 Å². The summed E-state index contributed by atoms with van der Waals surface area (Å²) in [6.45, 7) is 2.44. The van der Waals surface area contributed by atoms with Crippen molar-refractivity contribution in [2.45, 2.75) is 20.1 Å². The number of fused-ring (bicyclic) bond motifs is 1. The van der Waals surface area contributed by atoms with Gasteiger partial charge in [0.2, 0.25) is 11.1 Å². The van der Waals surface area contributed by atoms with E-state index >= 15 is 0 Å². The fraction of sp³-hybridized carbons (Fsp3) is 0.308. The van der Waals surface area contributed by atoms with Gasteiger partial charge in [-0.05, 0) is 36.8 Å². The van der Waals surface area contributed by atoms with E-state index < -0.39 is 13.2 Å². The maximum Gasteiger partial charge on any atom is 0.356 e. The summed E-state index contributed by atoms with van der Waals surface area (Å²) in [6, 6.07) is 14.4. The van der Waals surface area contributed by atoms with Crippen LogP contribution in [0.15, 0.2) is 59.7 Å². The summed E-state index contributed by atoms with van der Waals surface area (Å²) in [7, 11) is -2.13. The molecule has 0 saturated heterocycles. The monoisotopic (exact) mass is 587 g/mol. The summed E-state index contributed by atoms with van der Waals surface area (Å²) in [4.78, 5) is 35.0. The lowest BCUT2D eigenvalue weighted by Crippen LogP contribution is -2.13. The summed E-state index contributed by atoms with van der Waals surface area (Å²) in [5, 5.41) is -0.140. The first kappa shape index (κ1) is 29.5. The second-order valence-electron chi connectivity index (χ2n) is 8.67. The normalized spacial score (nSPS) is 12.8. The minimum atomic E-state index is -3.69. The number of nitrogens with one attached hydrogen (secondary N) is 1. The summed E-state index contributed by atoms with van der Waals surface area (Å²) in [6.07, 6.45) is 1.15. The van der Waals surface area contributed by atoms with Gasteiger partial charge in [0.15, 0.2) is 11.2 Å². The first-order chi connectivity index (χ1) is 19.3. The quantitative estimate of drug-likeness (QED) is 0.162. The third-order valence-electron chi connectivity index (χ3n) is 5.70. The molecule has 0 fully saturated rings. The third-order valence-corrected chi connectivity index (χ3v) is 8.16. The number of nitrogens with two attached hydrogens (primary N) is 1. The number of anilines is 1. The standard InChI is InChI=1S/C26H30N5O7PS/c1-18-3-5-19(6-4-18)15-38-39(34,37-13-14-40-25(33)20-7-9-21(35-2)10-8-20)17-36-12-11-31-16-28-22-23(31)29-26(27)30-24(22)32/h3-10,16H,11-15,17H2,1-2H3,(H3,27,29,30,32). The van der Waals surface area contributed by atoms with Gasteiger partial charge in [-0.15, -0.1) is 0 Å². The van der Waals surface area contributed by atoms with Gasteiger partial charge in [0, 0.05) is 17.9 Å². The molecule has 0 spiro atoms. The van der Waals surface area contributed by atoms with E-state index in [-0.39, 0.29) is 55.0 Å². The number of hydrogen-bond acceptors (Lipinski definition) is 11. The summed E-state index contributed by atoms with van der Waals surface area (Å²) >= 11 is 1.05. The first-order valence-corrected chi connectivity index (χ1v) is 15.0. The Morgan fingerprint density at radius 3 is 2.58 bits per heavy atom. The van der Waals surface area contributed by atoms with Crippen molar-refractivity contribution in [1.29, 1.82) is 0 Å². The Bertz CT molecular complexity index is 1540. The van der Waals surface area contributed by atoms with Gasteiger partial charge in [0.1, 0.15) is 12.1 Å². The number of methoxy groups -OCH3 is 1. The molecule has 2 heterocycles. The molecule has 0 saturated carbocycles. The zero-order chi connectivity index (χ0) is 28.5. The Labute approximate surface area is 234 Å². The highest BCUT2D eigenvalue weighted by molar-refractivity contribution is 8.14. The second-order valence-corrected chi connectivity index (χ2v) is 11.7. The topological polar surface area (TPSA) is 161 Å². The third kappa shape index (κ3) is 8.03. The Morgan fingerprint density at radius 2 is 1.85 bits per heavy atom. The molecule has 0 aliphatic carbocycles. The second kappa shape index (κ2) is 13.7. The predicted molar refractivity (Wildman–Crippen MR) is 153 cm³/mol. The largest absolute Gasteiger partial charge is 0.497 e. The van der Waals surface area contributed by atoms with Crippen LogP contribution in [-0.2, 0) is 31.5 Å². The van der Waals surface area contributed by atoms with Gasteiger partial charge < -0.3 is 28.8 Å². The minimum Gasteiger partial charge on any atom is -0.497 e. The van der Waals surface area contributed by atoms with E-state index in [4.69, 9.17) is 24.3 Å². The number of nitrogens with zero attached hydrogens (tertiary/aromatic N) is 3. The molecule has 0 bridgehead atoms. The molecule has 2 aromatic heterocycles. The number of carbonyl (C=O) groups is 1. The van der Waals surface area contributed by atoms with Crippen molar-refractivity contribution in [2.24, 2.45) is 0 Å². The van der Waals surface area contributed by atoms with Gasteiger partial charge in [-0.2, -0.15) is 4.98 Å². The SMILES string of the molecule is COc1ccc(C(=O)SCCOP(=O)(COCCn2cnc3c(=O)[nH]c(N)nc32)OCc2ccc(C)cc2)cc1. The van der Waals surface area contributed by atoms with Crippen molar-refractivity contribution < 1.29 is 27.9 Å². The van der Waals surface area contributed by atoms with E-state index in [0.29, 0.717) is 17.0 Å². The number of ether oxygens (including phenoxy) is 2. The van der Waals surface area contributed by atoms with Crippen molar-refractivity contribution >= 4 is 41.6 Å². The van der Waals surface area contributed by atoms with E-state index in [2.05, 4.69) is 15.0 Å². The Morgan fingerprint density at radius 1 is 1.10 bits per heavy atom. The zero-order valence-electron chi connectivity index (χ0n) is 22.1. The molecule has 1 unspecified atom stereocenters. The van der Waals surface area contributed by atoms with Gasteiger partial charge in [-0.1, -0.05) is 41.6 Å². The highest BCUT2D eigenvalue weighted by Gasteiger charge is 2.26. The molecule has 40 heavy (non-hydrogen) atoms. The van der Waals surface area contributed by atoms with Crippen LogP contribution in [-0.4, -0.2) is 57.1 Å². The van der Waals surface area contributed by atoms with E-state index in [1.807, 2.05) is 31.2 Å². The summed E-state index contributed by atoms with van der Waals surface area (Å²) in [5.41, 5.74) is 8.13. The van der Waals surface area contributed by atoms with E-state index in [0.717, 1.165) is 22.9 Å². The van der Waals surface area contributed by atoms with Crippen LogP contribution < -0.4 is 16.0 Å². The molecule has 212 valence electrons. The van der Waals surface area contributed by atoms with Crippen LogP contribution in [0.1, 0.15) is 21.5 Å². The lowest BCUT2D eigenvalue weighted by Gasteiger charge is -2.19. The number of aromatic amines is 1. The van der Waals surface area contributed by atoms with Crippen LogP contribution in [0.3, 0.4) is 0 Å². The number of thioether (sulfide) groups is 1. The predicted octanol–water partition coefficient (Wildman–Crippen LogP) is 3.99. The van der Waals surface area contributed by atoms with Gasteiger partial charge >= 0.3 is 7.60 Å². The maximum atomic E-state index is 13.5. The number of rotatable bonds is 14. The molecule has 12 nitrogen and oxygen atoms in total. The van der Waals surface area contributed by atoms with E-state index in [1.165, 1.54) is 6.33 Å². The summed E-state index contributed by atoms with van der Waals surface area (Å²) in [5.74, 6) is 0.906. The van der Waals surface area contributed by atoms with E-state index in [1.54, 1.807) is 35.9 Å². The molecule has 0 aliphatic rings. The molecule has 2 aromatic carbocycles. The Balaban J connectivity index is 1.32. The smallest absolute Gasteiger partial charge is 0.356 e. The minimum absolute atomic E-state index is 0.0131. The molecule has 0 radical (unpaired) electrons. The van der Waals surface area contributed by atoms with Crippen molar-refractivity contribution in [1.82, 2.24) is 19.5 Å². The van der Waals surface area contributed by atoms with Crippen molar-refractivity contribution in [2.75, 3.05) is 38.2 Å². The number of aromatic nitrogens is 4. The van der Waals surface area contributed by atoms with Crippen LogP contribution in [0.2, 0.25) is 0 Å². The van der Waals surface area contributed by atoms with Crippen molar-refractivity contribution in [3.05, 3.63) is 81.9 Å². The van der Waals surface area contributed by atoms with Crippen LogP contribution in [0.4, 0.5) is 5.95 Å². The molecular formula is C26H30N5O7PS. The number of imidazole rings is 1. The van der Waals surface area contributed by atoms with Crippen LogP contribution in [0.5, 0.6) is 5.75 Å². The fourth-order valence-electron chi connectivity index (χ4n) is 3.56. The Hall–Kier alpha value is -3.48. The number of nitrogen functional groups attached to an aromatic ring is 1. The maximum absolute atomic E-state index is 13.5. The lowest BCUT2D eigenvalue weighted by molar-refractivity contribution is 0.108. The summed E-state index contributed by atoms with van der Waals surface area (Å²) < 4.78 is 37.3. The first-order valence-electron chi connectivity index (χ1n) is 12.3. The average Bonchev–Trinajstić information content (AvgIpc) is 3.36. The molecule has 0 aliphatic heterocycles. The molecule has 3 N–H and O–H groups in total. The van der Waals surface area contributed by atoms with Crippen molar-refractivity contribution in [3.63, 3.8) is 0 Å². The van der Waals surface area contributed by atoms with Gasteiger partial charge in [-0.3, -0.25) is 19.1 Å². The highest BCUT2D eigenvalue weighted by atomic mass is 32.2. The van der Waals surface area contributed by atoms with Gasteiger partial charge in [0.25, 0.3) is 5.56 Å². The molecule has 4 rings (SSSR count). The highest BCUT2D eigenvalue weighted by Crippen LogP contribution is 2.49. The number of aryl methyl sites for hydroxylation is 1. The molecule has 4 aromatic rings. The Kier molecular flexibility index (Phi) is 10.1. The number of carbonyl (C=O) groups excluding carboxylic acids is 1. The molecular weight excluding hydrogens is 557 g/mol. The fourth-order valence-corrected chi connectivity index (χ4v) is 5.63. The van der Waals surface area contributed by atoms with Crippen LogP contribution in [0.25, 0.3) is 11.2 Å². The molecule has 0 amide bonds. The van der Waals surface area contributed by atoms with Crippen LogP contribution >= 0.6 is 19.4 Å². The van der Waals surface area contributed by atoms with Crippen molar-refractivity contribution in [3.8, 4) is 5.75 Å². The average molecular weight is 588 g/mol. The van der Waals surface area contributed by atoms with E-state index in [9.17, 15) is 14.2 Å². The van der Waals surface area contributed by atoms with Crippen LogP contribution in [0, 0.1) is 6.92 Å². The molecule has 14 heteroatoms. The van der Waals surface area contributed by atoms with Gasteiger partial charge in [0.05, 0.1) is 33.3 Å². The number of H-pyrrole nitrogens is 1. The number of hydrogen-bond donors (Lipinski definition) is 2. The number of benzene rings is 2. The molecule has 1 atom stereocenters. The lowest BCUT2D eigenvalue weighted by atomic mass is 10.2. The zero-order valence-corrected chi connectivity index (χ0v) is 23.8.